The summed E-state index contributed by atoms with van der Waals surface area (Å²) >= 11 is 0. The molecule has 1 aromatic heterocycles. The molecule has 0 bridgehead atoms. The molecule has 0 amide bonds. The molecule has 3 aromatic rings. The smallest absolute Gasteiger partial charge is 0.256 e. The number of likely N-dealkylation sites (tertiary alicyclic amines) is 1. The average molecular weight is 478 g/mol. The summed E-state index contributed by atoms with van der Waals surface area (Å²) in [6, 6.07) is 13.7. The highest BCUT2D eigenvalue weighted by Gasteiger charge is 2.22. The van der Waals surface area contributed by atoms with Crippen molar-refractivity contribution < 1.29 is 23.4 Å². The molecule has 1 saturated heterocycles. The Bertz CT molecular complexity index is 1210. The van der Waals surface area contributed by atoms with E-state index in [0.29, 0.717) is 31.3 Å². The van der Waals surface area contributed by atoms with E-state index in [2.05, 4.69) is 17.0 Å². The molecule has 8 heteroatoms. The molecule has 8 nitrogen and oxygen atoms in total. The van der Waals surface area contributed by atoms with E-state index in [-0.39, 0.29) is 17.6 Å². The van der Waals surface area contributed by atoms with Crippen LogP contribution in [0.3, 0.4) is 0 Å². The van der Waals surface area contributed by atoms with Gasteiger partial charge in [0, 0.05) is 19.5 Å². The first-order valence-electron chi connectivity index (χ1n) is 12.2. The molecule has 2 aliphatic heterocycles. The summed E-state index contributed by atoms with van der Waals surface area (Å²) in [6.45, 7) is 6.48. The lowest BCUT2D eigenvalue weighted by molar-refractivity contribution is 0.170. The van der Waals surface area contributed by atoms with Gasteiger partial charge >= 0.3 is 0 Å². The van der Waals surface area contributed by atoms with Crippen molar-refractivity contribution in [2.24, 2.45) is 0 Å². The quantitative estimate of drug-likeness (QED) is 0.276. The van der Waals surface area contributed by atoms with Crippen LogP contribution in [0.5, 0.6) is 17.2 Å². The number of furan rings is 1. The van der Waals surface area contributed by atoms with Crippen LogP contribution in [0.25, 0.3) is 11.0 Å². The molecule has 0 unspecified atom stereocenters. The van der Waals surface area contributed by atoms with Crippen molar-refractivity contribution >= 4 is 22.8 Å². The van der Waals surface area contributed by atoms with Crippen LogP contribution in [-0.2, 0) is 4.74 Å². The second kappa shape index (κ2) is 10.4. The number of rotatable bonds is 7. The van der Waals surface area contributed by atoms with E-state index in [1.54, 1.807) is 6.07 Å². The van der Waals surface area contributed by atoms with Crippen molar-refractivity contribution in [1.29, 1.82) is 10.8 Å². The standard InChI is InChI=1S/C27H31N3O5/c1-18(28)34-27(29)26-17-21-22(4-2-5-23(21)35-26)31-13-3-10-30-11-8-19(9-12-30)20-6-7-24-25(16-20)33-15-14-32-24/h2,4-7,16-17,19,28-29H,3,8-15H2,1H3. The van der Waals surface area contributed by atoms with Crippen LogP contribution in [0.4, 0.5) is 0 Å². The average Bonchev–Trinajstić information content (AvgIpc) is 3.32. The zero-order valence-corrected chi connectivity index (χ0v) is 20.0. The van der Waals surface area contributed by atoms with Crippen molar-refractivity contribution in [3.8, 4) is 17.2 Å². The Balaban J connectivity index is 1.09. The Hall–Kier alpha value is -3.52. The van der Waals surface area contributed by atoms with Gasteiger partial charge < -0.3 is 28.3 Å². The van der Waals surface area contributed by atoms with Crippen LogP contribution in [0.1, 0.15) is 43.4 Å². The number of ether oxygens (including phenoxy) is 4. The van der Waals surface area contributed by atoms with Crippen molar-refractivity contribution in [2.75, 3.05) is 39.5 Å². The van der Waals surface area contributed by atoms with Gasteiger partial charge in [-0.1, -0.05) is 12.1 Å². The highest BCUT2D eigenvalue weighted by atomic mass is 16.6. The Kier molecular flexibility index (Phi) is 6.90. The summed E-state index contributed by atoms with van der Waals surface area (Å²) in [5.74, 6) is 3.07. The van der Waals surface area contributed by atoms with E-state index in [0.717, 1.165) is 61.5 Å². The molecule has 2 N–H and O–H groups in total. The maximum absolute atomic E-state index is 7.94. The summed E-state index contributed by atoms with van der Waals surface area (Å²) in [5, 5.41) is 16.1. The zero-order valence-electron chi connectivity index (χ0n) is 20.0. The van der Waals surface area contributed by atoms with E-state index >= 15 is 0 Å². The van der Waals surface area contributed by atoms with Gasteiger partial charge in [0.15, 0.2) is 23.2 Å². The SMILES string of the molecule is CC(=N)OC(=N)c1cc2c(OCCCN3CCC(c4ccc5c(c4)OCCO5)CC3)cccc2o1. The van der Waals surface area contributed by atoms with Crippen LogP contribution >= 0.6 is 0 Å². The molecule has 0 radical (unpaired) electrons. The van der Waals surface area contributed by atoms with Crippen molar-refractivity contribution in [2.45, 2.75) is 32.1 Å². The first kappa shape index (κ1) is 23.2. The molecule has 5 rings (SSSR count). The molecule has 35 heavy (non-hydrogen) atoms. The summed E-state index contributed by atoms with van der Waals surface area (Å²) in [4.78, 5) is 2.51. The highest BCUT2D eigenvalue weighted by Crippen LogP contribution is 2.36. The highest BCUT2D eigenvalue weighted by molar-refractivity contribution is 6.00. The summed E-state index contributed by atoms with van der Waals surface area (Å²) in [5.41, 5.74) is 1.98. The molecule has 0 saturated carbocycles. The molecule has 184 valence electrons. The molecule has 2 aliphatic rings. The van der Waals surface area contributed by atoms with Gasteiger partial charge in [-0.15, -0.1) is 0 Å². The van der Waals surface area contributed by atoms with E-state index in [9.17, 15) is 0 Å². The lowest BCUT2D eigenvalue weighted by Crippen LogP contribution is -2.34. The normalized spacial score (nSPS) is 16.3. The predicted molar refractivity (Wildman–Crippen MR) is 133 cm³/mol. The minimum atomic E-state index is -0.181. The Morgan fingerprint density at radius 1 is 1.03 bits per heavy atom. The van der Waals surface area contributed by atoms with E-state index < -0.39 is 0 Å². The number of hydrogen-bond donors (Lipinski definition) is 2. The van der Waals surface area contributed by atoms with Crippen LogP contribution in [0.15, 0.2) is 46.9 Å². The van der Waals surface area contributed by atoms with Gasteiger partial charge in [0.05, 0.1) is 12.0 Å². The molecular weight excluding hydrogens is 446 g/mol. The molecule has 2 aromatic carbocycles. The second-order valence-electron chi connectivity index (χ2n) is 8.99. The fraction of sp³-hybridized carbons (Fsp3) is 0.407. The molecule has 3 heterocycles. The van der Waals surface area contributed by atoms with Crippen molar-refractivity contribution in [1.82, 2.24) is 4.90 Å². The maximum atomic E-state index is 7.94. The minimum absolute atomic E-state index is 0.0535. The number of fused-ring (bicyclic) bond motifs is 2. The first-order valence-corrected chi connectivity index (χ1v) is 12.2. The fourth-order valence-corrected chi connectivity index (χ4v) is 4.75. The monoisotopic (exact) mass is 477 g/mol. The van der Waals surface area contributed by atoms with Crippen LogP contribution in [0.2, 0.25) is 0 Å². The van der Waals surface area contributed by atoms with Crippen molar-refractivity contribution in [3.63, 3.8) is 0 Å². The predicted octanol–water partition coefficient (Wildman–Crippen LogP) is 5.19. The molecule has 0 spiro atoms. The lowest BCUT2D eigenvalue weighted by atomic mass is 9.89. The summed E-state index contributed by atoms with van der Waals surface area (Å²) in [7, 11) is 0. The molecular formula is C27H31N3O5. The number of piperidine rings is 1. The third kappa shape index (κ3) is 5.43. The number of benzene rings is 2. The third-order valence-electron chi connectivity index (χ3n) is 6.50. The Labute approximate surface area is 204 Å². The van der Waals surface area contributed by atoms with Gasteiger partial charge in [-0.05, 0) is 68.1 Å². The van der Waals surface area contributed by atoms with Gasteiger partial charge in [0.25, 0.3) is 5.90 Å². The first-order chi connectivity index (χ1) is 17.1. The third-order valence-corrected chi connectivity index (χ3v) is 6.50. The second-order valence-corrected chi connectivity index (χ2v) is 8.99. The van der Waals surface area contributed by atoms with Gasteiger partial charge in [-0.25, -0.2) is 0 Å². The number of hydrogen-bond acceptors (Lipinski definition) is 8. The zero-order chi connectivity index (χ0) is 24.2. The summed E-state index contributed by atoms with van der Waals surface area (Å²) in [6.07, 6.45) is 3.21. The molecule has 0 atom stereocenters. The Morgan fingerprint density at radius 2 is 1.83 bits per heavy atom. The maximum Gasteiger partial charge on any atom is 0.256 e. The molecule has 0 aliphatic carbocycles. The van der Waals surface area contributed by atoms with Gasteiger partial charge in [0.2, 0.25) is 0 Å². The van der Waals surface area contributed by atoms with Crippen LogP contribution < -0.4 is 14.2 Å². The lowest BCUT2D eigenvalue weighted by Gasteiger charge is -2.32. The van der Waals surface area contributed by atoms with Gasteiger partial charge in [-0.3, -0.25) is 10.8 Å². The van der Waals surface area contributed by atoms with E-state index in [1.807, 2.05) is 24.3 Å². The number of nitrogens with one attached hydrogen (secondary N) is 2. The Morgan fingerprint density at radius 3 is 2.63 bits per heavy atom. The van der Waals surface area contributed by atoms with E-state index in [1.165, 1.54) is 12.5 Å². The van der Waals surface area contributed by atoms with Crippen molar-refractivity contribution in [3.05, 3.63) is 53.8 Å². The topological polar surface area (TPSA) is 101 Å². The molecule has 1 fully saturated rings. The summed E-state index contributed by atoms with van der Waals surface area (Å²) < 4.78 is 28.2. The van der Waals surface area contributed by atoms with E-state index in [4.69, 9.17) is 34.2 Å². The van der Waals surface area contributed by atoms with Gasteiger partial charge in [0.1, 0.15) is 24.5 Å². The minimum Gasteiger partial charge on any atom is -0.493 e. The van der Waals surface area contributed by atoms with Crippen LogP contribution in [0, 0.1) is 10.8 Å². The number of nitrogens with zero attached hydrogens (tertiary/aromatic N) is 1. The van der Waals surface area contributed by atoms with Gasteiger partial charge in [-0.2, -0.15) is 0 Å². The fourth-order valence-electron chi connectivity index (χ4n) is 4.75. The largest absolute Gasteiger partial charge is 0.493 e. The van der Waals surface area contributed by atoms with Crippen LogP contribution in [-0.4, -0.2) is 56.2 Å².